The van der Waals surface area contributed by atoms with Crippen molar-refractivity contribution in [3.63, 3.8) is 0 Å². The SMILES string of the molecule is CCn1c(SCC(=O)Nc2ccc(Br)cc2)nnc1[C@@H](NC(=O)c1cccc(C)c1)C(C)C. The molecule has 0 spiro atoms. The van der Waals surface area contributed by atoms with Crippen LogP contribution in [0.3, 0.4) is 0 Å². The summed E-state index contributed by atoms with van der Waals surface area (Å²) < 4.78 is 2.91. The van der Waals surface area contributed by atoms with E-state index in [1.807, 2.05) is 74.7 Å². The summed E-state index contributed by atoms with van der Waals surface area (Å²) >= 11 is 4.71. The van der Waals surface area contributed by atoms with Gasteiger partial charge in [0.1, 0.15) is 0 Å². The van der Waals surface area contributed by atoms with Gasteiger partial charge in [-0.25, -0.2) is 0 Å². The summed E-state index contributed by atoms with van der Waals surface area (Å²) in [6.45, 7) is 8.66. The first kappa shape index (κ1) is 25.0. The maximum Gasteiger partial charge on any atom is 0.251 e. The van der Waals surface area contributed by atoms with Crippen LogP contribution in [0.15, 0.2) is 58.2 Å². The van der Waals surface area contributed by atoms with Crippen molar-refractivity contribution >= 4 is 45.2 Å². The molecule has 0 fully saturated rings. The third kappa shape index (κ3) is 6.68. The standard InChI is InChI=1S/C24H28BrN5O2S/c1-5-30-22(21(15(2)3)27-23(32)17-8-6-7-16(4)13-17)28-29-24(30)33-14-20(31)26-19-11-9-18(25)10-12-19/h6-13,15,21H,5,14H2,1-4H3,(H,26,31)(H,27,32)/t21-/m0/s1. The Morgan fingerprint density at radius 1 is 1.12 bits per heavy atom. The molecule has 9 heteroatoms. The highest BCUT2D eigenvalue weighted by Gasteiger charge is 2.26. The summed E-state index contributed by atoms with van der Waals surface area (Å²) in [7, 11) is 0. The Morgan fingerprint density at radius 3 is 2.48 bits per heavy atom. The minimum absolute atomic E-state index is 0.104. The number of aromatic nitrogens is 3. The van der Waals surface area contributed by atoms with Crippen LogP contribution in [0.1, 0.15) is 48.6 Å². The van der Waals surface area contributed by atoms with Crippen molar-refractivity contribution in [2.24, 2.45) is 5.92 Å². The number of carbonyl (C=O) groups excluding carboxylic acids is 2. The number of benzene rings is 2. The van der Waals surface area contributed by atoms with Crippen LogP contribution in [-0.2, 0) is 11.3 Å². The van der Waals surface area contributed by atoms with Gasteiger partial charge in [-0.05, 0) is 56.2 Å². The summed E-state index contributed by atoms with van der Waals surface area (Å²) in [4.78, 5) is 25.3. The van der Waals surface area contributed by atoms with Gasteiger partial charge in [-0.15, -0.1) is 10.2 Å². The topological polar surface area (TPSA) is 88.9 Å². The monoisotopic (exact) mass is 529 g/mol. The van der Waals surface area contributed by atoms with E-state index in [0.29, 0.717) is 23.1 Å². The normalized spacial score (nSPS) is 11.9. The number of carbonyl (C=O) groups is 2. The molecule has 0 bridgehead atoms. The Labute approximate surface area is 206 Å². The Bertz CT molecular complexity index is 1110. The van der Waals surface area contributed by atoms with Crippen molar-refractivity contribution in [1.29, 1.82) is 0 Å². The van der Waals surface area contributed by atoms with E-state index in [0.717, 1.165) is 15.7 Å². The first-order valence-corrected chi connectivity index (χ1v) is 12.5. The smallest absolute Gasteiger partial charge is 0.251 e. The van der Waals surface area contributed by atoms with Crippen LogP contribution in [-0.4, -0.2) is 32.3 Å². The fourth-order valence-corrected chi connectivity index (χ4v) is 4.41. The van der Waals surface area contributed by atoms with E-state index in [-0.39, 0.29) is 29.5 Å². The second-order valence-electron chi connectivity index (χ2n) is 7.99. The number of aryl methyl sites for hydroxylation is 1. The Kier molecular flexibility index (Phi) is 8.68. The van der Waals surface area contributed by atoms with Crippen molar-refractivity contribution < 1.29 is 9.59 Å². The number of hydrogen-bond donors (Lipinski definition) is 2. The molecule has 0 aliphatic rings. The van der Waals surface area contributed by atoms with Crippen LogP contribution >= 0.6 is 27.7 Å². The molecule has 1 aromatic heterocycles. The Hall–Kier alpha value is -2.65. The molecular weight excluding hydrogens is 502 g/mol. The Morgan fingerprint density at radius 2 is 1.85 bits per heavy atom. The minimum Gasteiger partial charge on any atom is -0.342 e. The van der Waals surface area contributed by atoms with Gasteiger partial charge in [0, 0.05) is 22.3 Å². The van der Waals surface area contributed by atoms with E-state index in [9.17, 15) is 9.59 Å². The molecule has 0 saturated carbocycles. The summed E-state index contributed by atoms with van der Waals surface area (Å²) in [5.41, 5.74) is 2.38. The third-order valence-electron chi connectivity index (χ3n) is 5.03. The molecule has 0 aliphatic heterocycles. The number of anilines is 1. The van der Waals surface area contributed by atoms with Gasteiger partial charge in [-0.2, -0.15) is 0 Å². The quantitative estimate of drug-likeness (QED) is 0.370. The molecule has 0 aliphatic carbocycles. The summed E-state index contributed by atoms with van der Waals surface area (Å²) in [5.74, 6) is 0.723. The number of hydrogen-bond acceptors (Lipinski definition) is 5. The van der Waals surface area contributed by atoms with Gasteiger partial charge in [0.2, 0.25) is 5.91 Å². The fourth-order valence-electron chi connectivity index (χ4n) is 3.33. The first-order valence-electron chi connectivity index (χ1n) is 10.8. The maximum absolute atomic E-state index is 12.9. The summed E-state index contributed by atoms with van der Waals surface area (Å²) in [6.07, 6.45) is 0. The van der Waals surface area contributed by atoms with E-state index in [4.69, 9.17) is 0 Å². The van der Waals surface area contributed by atoms with Gasteiger partial charge in [-0.1, -0.05) is 59.2 Å². The highest BCUT2D eigenvalue weighted by molar-refractivity contribution is 9.10. The van der Waals surface area contributed by atoms with Gasteiger partial charge >= 0.3 is 0 Å². The highest BCUT2D eigenvalue weighted by atomic mass is 79.9. The van der Waals surface area contributed by atoms with Crippen molar-refractivity contribution in [3.05, 3.63) is 70.0 Å². The van der Waals surface area contributed by atoms with Crippen LogP contribution in [0, 0.1) is 12.8 Å². The van der Waals surface area contributed by atoms with Gasteiger partial charge in [0.15, 0.2) is 11.0 Å². The number of nitrogens with zero attached hydrogens (tertiary/aromatic N) is 3. The zero-order chi connectivity index (χ0) is 24.0. The molecule has 0 radical (unpaired) electrons. The van der Waals surface area contributed by atoms with Crippen LogP contribution in [0.25, 0.3) is 0 Å². The molecule has 3 rings (SSSR count). The average Bonchev–Trinajstić information content (AvgIpc) is 3.19. The van der Waals surface area contributed by atoms with Gasteiger partial charge in [0.05, 0.1) is 11.8 Å². The lowest BCUT2D eigenvalue weighted by molar-refractivity contribution is -0.113. The molecule has 0 unspecified atom stereocenters. The van der Waals surface area contributed by atoms with Gasteiger partial charge in [0.25, 0.3) is 5.91 Å². The number of thioether (sulfide) groups is 1. The number of rotatable bonds is 9. The van der Waals surface area contributed by atoms with Crippen molar-refractivity contribution in [2.75, 3.05) is 11.1 Å². The number of amides is 2. The summed E-state index contributed by atoms with van der Waals surface area (Å²) in [5, 5.41) is 15.3. The molecular formula is C24H28BrN5O2S. The second-order valence-corrected chi connectivity index (χ2v) is 9.85. The molecule has 2 amide bonds. The van der Waals surface area contributed by atoms with Crippen LogP contribution in [0.5, 0.6) is 0 Å². The van der Waals surface area contributed by atoms with E-state index in [2.05, 4.69) is 36.8 Å². The summed E-state index contributed by atoms with van der Waals surface area (Å²) in [6, 6.07) is 14.6. The molecule has 33 heavy (non-hydrogen) atoms. The lowest BCUT2D eigenvalue weighted by Crippen LogP contribution is -2.33. The molecule has 174 valence electrons. The van der Waals surface area contributed by atoms with Crippen molar-refractivity contribution in [2.45, 2.75) is 45.4 Å². The van der Waals surface area contributed by atoms with E-state index < -0.39 is 0 Å². The zero-order valence-corrected chi connectivity index (χ0v) is 21.5. The molecule has 0 saturated heterocycles. The van der Waals surface area contributed by atoms with Crippen LogP contribution in [0.4, 0.5) is 5.69 Å². The van der Waals surface area contributed by atoms with E-state index in [1.165, 1.54) is 11.8 Å². The molecule has 2 aromatic carbocycles. The second kappa shape index (κ2) is 11.5. The molecule has 2 N–H and O–H groups in total. The van der Waals surface area contributed by atoms with E-state index in [1.54, 1.807) is 6.07 Å². The van der Waals surface area contributed by atoms with Gasteiger partial charge in [-0.3, -0.25) is 9.59 Å². The number of halogens is 1. The molecule has 1 atom stereocenters. The van der Waals surface area contributed by atoms with Crippen molar-refractivity contribution in [1.82, 2.24) is 20.1 Å². The molecule has 7 nitrogen and oxygen atoms in total. The molecule has 1 heterocycles. The highest BCUT2D eigenvalue weighted by Crippen LogP contribution is 2.26. The lowest BCUT2D eigenvalue weighted by Gasteiger charge is -2.22. The predicted molar refractivity (Wildman–Crippen MR) is 135 cm³/mol. The predicted octanol–water partition coefficient (Wildman–Crippen LogP) is 5.23. The zero-order valence-electron chi connectivity index (χ0n) is 19.1. The average molecular weight is 530 g/mol. The minimum atomic E-state index is -0.309. The Balaban J connectivity index is 1.70. The lowest BCUT2D eigenvalue weighted by atomic mass is 10.0. The van der Waals surface area contributed by atoms with Crippen LogP contribution in [0.2, 0.25) is 0 Å². The molecule has 3 aromatic rings. The largest absolute Gasteiger partial charge is 0.342 e. The maximum atomic E-state index is 12.9. The fraction of sp³-hybridized carbons (Fsp3) is 0.333. The van der Waals surface area contributed by atoms with Gasteiger partial charge < -0.3 is 15.2 Å². The van der Waals surface area contributed by atoms with E-state index >= 15 is 0 Å². The van der Waals surface area contributed by atoms with Crippen molar-refractivity contribution in [3.8, 4) is 0 Å². The van der Waals surface area contributed by atoms with Crippen LogP contribution < -0.4 is 10.6 Å². The third-order valence-corrected chi connectivity index (χ3v) is 6.53. The first-order chi connectivity index (χ1) is 15.8. The number of nitrogens with one attached hydrogen (secondary N) is 2.